The number of hydrogen-bond acceptors (Lipinski definition) is 5. The lowest BCUT2D eigenvalue weighted by atomic mass is 9.66. The predicted octanol–water partition coefficient (Wildman–Crippen LogP) is 5.51. The molecule has 0 saturated heterocycles. The van der Waals surface area contributed by atoms with Gasteiger partial charge in [0.2, 0.25) is 0 Å². The van der Waals surface area contributed by atoms with Gasteiger partial charge in [-0.3, -0.25) is 9.69 Å². The number of carbonyl (C=O) groups is 1. The number of para-hydroxylation sites is 1. The fourth-order valence-electron chi connectivity index (χ4n) is 5.37. The highest BCUT2D eigenvalue weighted by Crippen LogP contribution is 2.50. The van der Waals surface area contributed by atoms with Crippen LogP contribution in [0.15, 0.2) is 72.8 Å². The molecule has 0 radical (unpaired) electrons. The van der Waals surface area contributed by atoms with Crippen LogP contribution < -0.4 is 19.7 Å². The van der Waals surface area contributed by atoms with E-state index in [2.05, 4.69) is 11.4 Å². The predicted molar refractivity (Wildman–Crippen MR) is 131 cm³/mol. The molecule has 1 saturated carbocycles. The van der Waals surface area contributed by atoms with Gasteiger partial charge in [0.25, 0.3) is 5.91 Å². The Hall–Kier alpha value is -3.98. The lowest BCUT2D eigenvalue weighted by Crippen LogP contribution is -2.63. The molecule has 3 aromatic carbocycles. The first-order valence-corrected chi connectivity index (χ1v) is 11.5. The Morgan fingerprint density at radius 2 is 1.62 bits per heavy atom. The minimum atomic E-state index is -0.678. The minimum Gasteiger partial charge on any atom is -0.497 e. The molecule has 1 aliphatic carbocycles. The van der Waals surface area contributed by atoms with Crippen LogP contribution in [0.2, 0.25) is 0 Å². The molecule has 0 atom stereocenters. The van der Waals surface area contributed by atoms with Crippen molar-refractivity contribution in [3.63, 3.8) is 0 Å². The molecule has 2 aliphatic rings. The van der Waals surface area contributed by atoms with E-state index in [1.807, 2.05) is 71.6 Å². The number of nitriles is 1. The van der Waals surface area contributed by atoms with Crippen LogP contribution in [0.4, 0.5) is 11.4 Å². The molecule has 1 heterocycles. The van der Waals surface area contributed by atoms with E-state index in [1.54, 1.807) is 20.3 Å². The number of methoxy groups -OCH3 is 2. The van der Waals surface area contributed by atoms with Gasteiger partial charge in [0.15, 0.2) is 0 Å². The zero-order valence-corrected chi connectivity index (χ0v) is 19.4. The number of nitrogens with zero attached hydrogens (tertiary/aromatic N) is 2. The highest BCUT2D eigenvalue weighted by molar-refractivity contribution is 6.13. The average Bonchev–Trinajstić information content (AvgIpc) is 2.90. The molecule has 1 fully saturated rings. The van der Waals surface area contributed by atoms with Crippen LogP contribution in [-0.4, -0.2) is 25.8 Å². The van der Waals surface area contributed by atoms with Crippen molar-refractivity contribution in [1.29, 1.82) is 5.26 Å². The number of hydrogen-bond donors (Lipinski definition) is 1. The topological polar surface area (TPSA) is 74.6 Å². The highest BCUT2D eigenvalue weighted by Gasteiger charge is 2.52. The van der Waals surface area contributed by atoms with Crippen molar-refractivity contribution in [2.75, 3.05) is 24.4 Å². The van der Waals surface area contributed by atoms with Crippen molar-refractivity contribution in [2.45, 2.75) is 36.8 Å². The molecule has 0 aromatic heterocycles. The summed E-state index contributed by atoms with van der Waals surface area (Å²) in [4.78, 5) is 15.8. The Kier molecular flexibility index (Phi) is 5.41. The van der Waals surface area contributed by atoms with E-state index in [4.69, 9.17) is 9.47 Å². The molecule has 1 aliphatic heterocycles. The maximum absolute atomic E-state index is 13.9. The van der Waals surface area contributed by atoms with Gasteiger partial charge < -0.3 is 14.8 Å². The third-order valence-electron chi connectivity index (χ3n) is 7.25. The third kappa shape index (κ3) is 3.36. The first-order chi connectivity index (χ1) is 16.6. The quantitative estimate of drug-likeness (QED) is 0.564. The van der Waals surface area contributed by atoms with Gasteiger partial charge in [0.1, 0.15) is 17.2 Å². The molecule has 5 rings (SSSR count). The van der Waals surface area contributed by atoms with Gasteiger partial charge in [0.05, 0.1) is 37.0 Å². The van der Waals surface area contributed by atoms with Crippen molar-refractivity contribution >= 4 is 17.3 Å². The molecule has 0 unspecified atom stereocenters. The summed E-state index contributed by atoms with van der Waals surface area (Å²) in [6.45, 7) is 0. The number of nitrogens with one attached hydrogen (secondary N) is 1. The van der Waals surface area contributed by atoms with Crippen LogP contribution in [0, 0.1) is 11.3 Å². The maximum Gasteiger partial charge on any atom is 0.262 e. The summed E-state index contributed by atoms with van der Waals surface area (Å²) in [5.41, 5.74) is 1.89. The molecular formula is C28H27N3O3. The Morgan fingerprint density at radius 3 is 2.29 bits per heavy atom. The van der Waals surface area contributed by atoms with E-state index in [9.17, 15) is 10.1 Å². The van der Waals surface area contributed by atoms with E-state index in [0.717, 1.165) is 11.3 Å². The van der Waals surface area contributed by atoms with Gasteiger partial charge in [0, 0.05) is 11.8 Å². The number of rotatable bonds is 4. The zero-order valence-electron chi connectivity index (χ0n) is 19.4. The van der Waals surface area contributed by atoms with Crippen LogP contribution in [0.25, 0.3) is 0 Å². The van der Waals surface area contributed by atoms with E-state index >= 15 is 0 Å². The van der Waals surface area contributed by atoms with Gasteiger partial charge in [-0.15, -0.1) is 0 Å². The first kappa shape index (κ1) is 21.8. The smallest absolute Gasteiger partial charge is 0.262 e. The Bertz CT molecular complexity index is 1260. The third-order valence-corrected chi connectivity index (χ3v) is 7.25. The maximum atomic E-state index is 13.9. The Labute approximate surface area is 199 Å². The molecule has 1 spiro atoms. The summed E-state index contributed by atoms with van der Waals surface area (Å²) < 4.78 is 11.1. The Balaban J connectivity index is 1.60. The van der Waals surface area contributed by atoms with Crippen LogP contribution in [0.3, 0.4) is 0 Å². The fourth-order valence-corrected chi connectivity index (χ4v) is 5.37. The van der Waals surface area contributed by atoms with Gasteiger partial charge in [-0.2, -0.15) is 5.26 Å². The lowest BCUT2D eigenvalue weighted by molar-refractivity contribution is 0.0927. The van der Waals surface area contributed by atoms with Crippen LogP contribution >= 0.6 is 0 Å². The number of carbonyl (C=O) groups excluding carboxylic acids is 1. The molecule has 0 bridgehead atoms. The normalized spacial score (nSPS) is 23.6. The van der Waals surface area contributed by atoms with Gasteiger partial charge in [-0.25, -0.2) is 0 Å². The molecule has 1 N–H and O–H groups in total. The van der Waals surface area contributed by atoms with E-state index in [1.165, 1.54) is 0 Å². The van der Waals surface area contributed by atoms with Gasteiger partial charge in [-0.1, -0.05) is 42.5 Å². The second-order valence-electron chi connectivity index (χ2n) is 8.94. The first-order valence-electron chi connectivity index (χ1n) is 11.5. The number of benzene rings is 3. The van der Waals surface area contributed by atoms with E-state index < -0.39 is 11.1 Å². The number of anilines is 2. The van der Waals surface area contributed by atoms with Crippen LogP contribution in [0.1, 0.15) is 41.6 Å². The summed E-state index contributed by atoms with van der Waals surface area (Å²) in [7, 11) is 3.20. The summed E-state index contributed by atoms with van der Waals surface area (Å²) in [6.07, 6.45) is 2.49. The summed E-state index contributed by atoms with van der Waals surface area (Å²) in [5.74, 6) is 1.14. The van der Waals surface area contributed by atoms with Crippen molar-refractivity contribution in [3.8, 4) is 17.6 Å². The molecule has 6 nitrogen and oxygen atoms in total. The van der Waals surface area contributed by atoms with Gasteiger partial charge in [-0.05, 0) is 55.5 Å². The molecule has 6 heteroatoms. The van der Waals surface area contributed by atoms with E-state index in [0.29, 0.717) is 48.4 Å². The second-order valence-corrected chi connectivity index (χ2v) is 8.94. The largest absolute Gasteiger partial charge is 0.497 e. The fraction of sp³-hybridized carbons (Fsp3) is 0.286. The number of fused-ring (bicyclic) bond motifs is 1. The SMILES string of the molecule is COc1ccc(N2C(=O)c3ccccc3NC23CCC(C#N)(c2ccccc2)CC3)c(OC)c1. The summed E-state index contributed by atoms with van der Waals surface area (Å²) in [5, 5.41) is 13.9. The van der Waals surface area contributed by atoms with Crippen LogP contribution in [0.5, 0.6) is 11.5 Å². The minimum absolute atomic E-state index is 0.0815. The van der Waals surface area contributed by atoms with Crippen LogP contribution in [-0.2, 0) is 5.41 Å². The molecule has 3 aromatic rings. The number of ether oxygens (including phenoxy) is 2. The zero-order chi connectivity index (χ0) is 23.8. The van der Waals surface area contributed by atoms with Crippen molar-refractivity contribution in [3.05, 3.63) is 83.9 Å². The molecule has 34 heavy (non-hydrogen) atoms. The van der Waals surface area contributed by atoms with Gasteiger partial charge >= 0.3 is 0 Å². The summed E-state index contributed by atoms with van der Waals surface area (Å²) >= 11 is 0. The second kappa shape index (κ2) is 8.42. The van der Waals surface area contributed by atoms with Crippen molar-refractivity contribution < 1.29 is 14.3 Å². The Morgan fingerprint density at radius 1 is 0.912 bits per heavy atom. The standard InChI is InChI=1S/C28H27N3O3/c1-33-21-12-13-24(25(18-21)34-2)31-26(32)22-10-6-7-11-23(22)30-28(31)16-14-27(19-29,15-17-28)20-8-4-3-5-9-20/h3-13,18,30H,14-17H2,1-2H3. The summed E-state index contributed by atoms with van der Waals surface area (Å²) in [6, 6.07) is 25.7. The lowest BCUT2D eigenvalue weighted by Gasteiger charge is -2.53. The molecule has 172 valence electrons. The van der Waals surface area contributed by atoms with E-state index in [-0.39, 0.29) is 5.91 Å². The van der Waals surface area contributed by atoms with Crippen molar-refractivity contribution in [2.24, 2.45) is 0 Å². The molecular weight excluding hydrogens is 426 g/mol. The highest BCUT2D eigenvalue weighted by atomic mass is 16.5. The number of amides is 1. The monoisotopic (exact) mass is 453 g/mol. The molecule has 1 amide bonds. The van der Waals surface area contributed by atoms with Crippen molar-refractivity contribution in [1.82, 2.24) is 0 Å². The average molecular weight is 454 g/mol.